The Balaban J connectivity index is 2.00. The summed E-state index contributed by atoms with van der Waals surface area (Å²) in [6.07, 6.45) is 1.69. The lowest BCUT2D eigenvalue weighted by Gasteiger charge is -2.18. The van der Waals surface area contributed by atoms with Crippen molar-refractivity contribution in [3.8, 4) is 0 Å². The maximum atomic E-state index is 12.6. The Hall–Kier alpha value is -3.23. The molecule has 1 aliphatic carbocycles. The molecule has 2 aromatic rings. The molecule has 0 aliphatic heterocycles. The minimum absolute atomic E-state index is 0.0153. The lowest BCUT2D eigenvalue weighted by atomic mass is 10.0. The molecule has 1 fully saturated rings. The Labute approximate surface area is 140 Å². The van der Waals surface area contributed by atoms with Crippen LogP contribution in [0, 0.1) is 16.0 Å². The van der Waals surface area contributed by atoms with E-state index < -0.39 is 34.3 Å². The number of hydrogen-bond acceptors (Lipinski definition) is 5. The molecule has 1 aliphatic rings. The second kappa shape index (κ2) is 6.34. The Morgan fingerprint density at radius 3 is 2.72 bits per heavy atom. The zero-order valence-electron chi connectivity index (χ0n) is 13.0. The second-order valence-corrected chi connectivity index (χ2v) is 5.99. The van der Waals surface area contributed by atoms with Gasteiger partial charge in [-0.05, 0) is 18.9 Å². The van der Waals surface area contributed by atoms with Crippen LogP contribution in [0.2, 0.25) is 0 Å². The van der Waals surface area contributed by atoms with Crippen molar-refractivity contribution in [2.24, 2.45) is 5.92 Å². The maximum absolute atomic E-state index is 12.6. The Morgan fingerprint density at radius 1 is 1.28 bits per heavy atom. The summed E-state index contributed by atoms with van der Waals surface area (Å²) in [6, 6.07) is 4.34. The molecular formula is C16H15N3O6. The SMILES string of the molecule is O=C(N[C@H]1CCC[C@H]1C(=O)O)c1cc(=O)[nH]c2ccc([N+](=O)[O-])cc12. The average molecular weight is 345 g/mol. The van der Waals surface area contributed by atoms with Crippen molar-refractivity contribution in [3.63, 3.8) is 0 Å². The van der Waals surface area contributed by atoms with Gasteiger partial charge in [0.05, 0.1) is 16.4 Å². The number of rotatable bonds is 4. The van der Waals surface area contributed by atoms with E-state index in [1.165, 1.54) is 18.2 Å². The zero-order chi connectivity index (χ0) is 18.1. The van der Waals surface area contributed by atoms with Gasteiger partial charge in [0, 0.05) is 35.1 Å². The van der Waals surface area contributed by atoms with Gasteiger partial charge in [-0.15, -0.1) is 0 Å². The highest BCUT2D eigenvalue weighted by Gasteiger charge is 2.34. The number of carboxylic acid groups (broad SMARTS) is 1. The highest BCUT2D eigenvalue weighted by Crippen LogP contribution is 2.27. The first-order chi connectivity index (χ1) is 11.9. The number of nitrogens with zero attached hydrogens (tertiary/aromatic N) is 1. The number of fused-ring (bicyclic) bond motifs is 1. The number of amides is 1. The summed E-state index contributed by atoms with van der Waals surface area (Å²) in [7, 11) is 0. The van der Waals surface area contributed by atoms with E-state index >= 15 is 0 Å². The predicted molar refractivity (Wildman–Crippen MR) is 87.5 cm³/mol. The fraction of sp³-hybridized carbons (Fsp3) is 0.312. The van der Waals surface area contributed by atoms with Gasteiger partial charge in [0.2, 0.25) is 5.56 Å². The molecule has 1 saturated carbocycles. The number of aliphatic carboxylic acids is 1. The number of H-pyrrole nitrogens is 1. The van der Waals surface area contributed by atoms with Crippen LogP contribution in [0.4, 0.5) is 5.69 Å². The molecular weight excluding hydrogens is 330 g/mol. The van der Waals surface area contributed by atoms with E-state index in [2.05, 4.69) is 10.3 Å². The predicted octanol–water partition coefficient (Wildman–Crippen LogP) is 1.42. The third-order valence-corrected chi connectivity index (χ3v) is 4.43. The van der Waals surface area contributed by atoms with Crippen LogP contribution in [0.1, 0.15) is 29.6 Å². The molecule has 1 heterocycles. The van der Waals surface area contributed by atoms with Crippen molar-refractivity contribution >= 4 is 28.5 Å². The number of nitro groups is 1. The lowest BCUT2D eigenvalue weighted by molar-refractivity contribution is -0.384. The quantitative estimate of drug-likeness (QED) is 0.565. The molecule has 3 N–H and O–H groups in total. The average Bonchev–Trinajstić information content (AvgIpc) is 3.01. The van der Waals surface area contributed by atoms with E-state index in [1.54, 1.807) is 0 Å². The van der Waals surface area contributed by atoms with Crippen molar-refractivity contribution in [2.45, 2.75) is 25.3 Å². The number of carboxylic acids is 1. The molecule has 0 saturated heterocycles. The molecule has 9 heteroatoms. The number of carbonyl (C=O) groups excluding carboxylic acids is 1. The van der Waals surface area contributed by atoms with E-state index in [0.29, 0.717) is 24.8 Å². The van der Waals surface area contributed by atoms with Crippen LogP contribution < -0.4 is 10.9 Å². The van der Waals surface area contributed by atoms with Gasteiger partial charge in [-0.3, -0.25) is 24.5 Å². The maximum Gasteiger partial charge on any atom is 0.308 e. The molecule has 0 unspecified atom stereocenters. The molecule has 1 amide bonds. The van der Waals surface area contributed by atoms with Gasteiger partial charge < -0.3 is 15.4 Å². The van der Waals surface area contributed by atoms with Crippen LogP contribution in [0.25, 0.3) is 10.9 Å². The number of non-ortho nitro benzene ring substituents is 1. The summed E-state index contributed by atoms with van der Waals surface area (Å²) >= 11 is 0. The first-order valence-corrected chi connectivity index (χ1v) is 7.72. The second-order valence-electron chi connectivity index (χ2n) is 5.99. The molecule has 0 bridgehead atoms. The summed E-state index contributed by atoms with van der Waals surface area (Å²) in [5.74, 6) is -2.27. The molecule has 2 atom stereocenters. The smallest absolute Gasteiger partial charge is 0.308 e. The summed E-state index contributed by atoms with van der Waals surface area (Å²) in [6.45, 7) is 0. The third-order valence-electron chi connectivity index (χ3n) is 4.43. The number of pyridine rings is 1. The Bertz CT molecular complexity index is 935. The largest absolute Gasteiger partial charge is 0.481 e. The topological polar surface area (TPSA) is 142 Å². The summed E-state index contributed by atoms with van der Waals surface area (Å²) in [5.41, 5.74) is -0.450. The fourth-order valence-corrected chi connectivity index (χ4v) is 3.22. The normalized spacial score (nSPS) is 19.7. The van der Waals surface area contributed by atoms with Gasteiger partial charge in [0.15, 0.2) is 0 Å². The van der Waals surface area contributed by atoms with Gasteiger partial charge in [-0.1, -0.05) is 6.42 Å². The third kappa shape index (κ3) is 3.21. The molecule has 0 spiro atoms. The van der Waals surface area contributed by atoms with Crippen LogP contribution in [-0.2, 0) is 4.79 Å². The van der Waals surface area contributed by atoms with Crippen molar-refractivity contribution in [3.05, 3.63) is 50.3 Å². The number of aromatic amines is 1. The van der Waals surface area contributed by atoms with Gasteiger partial charge in [0.25, 0.3) is 11.6 Å². The summed E-state index contributed by atoms with van der Waals surface area (Å²) in [5, 5.41) is 23.0. The van der Waals surface area contributed by atoms with Crippen LogP contribution in [0.15, 0.2) is 29.1 Å². The van der Waals surface area contributed by atoms with Gasteiger partial charge in [-0.2, -0.15) is 0 Å². The van der Waals surface area contributed by atoms with E-state index in [-0.39, 0.29) is 16.6 Å². The fourth-order valence-electron chi connectivity index (χ4n) is 3.22. The van der Waals surface area contributed by atoms with Crippen molar-refractivity contribution < 1.29 is 19.6 Å². The van der Waals surface area contributed by atoms with Gasteiger partial charge in [-0.25, -0.2) is 0 Å². The Morgan fingerprint density at radius 2 is 2.04 bits per heavy atom. The van der Waals surface area contributed by atoms with Crippen molar-refractivity contribution in [1.29, 1.82) is 0 Å². The standard InChI is InChI=1S/C16H15N3O6/c20-14-7-11(10-6-8(19(24)25)4-5-13(10)17-14)15(21)18-12-3-1-2-9(12)16(22)23/h4-7,9,12H,1-3H2,(H,17,20)(H,18,21)(H,22,23)/t9-,12+/m1/s1. The number of carbonyl (C=O) groups is 2. The lowest BCUT2D eigenvalue weighted by Crippen LogP contribution is -2.40. The van der Waals surface area contributed by atoms with Gasteiger partial charge in [0.1, 0.15) is 0 Å². The number of nitrogens with one attached hydrogen (secondary N) is 2. The van der Waals surface area contributed by atoms with E-state index in [0.717, 1.165) is 6.07 Å². The minimum Gasteiger partial charge on any atom is -0.481 e. The van der Waals surface area contributed by atoms with Gasteiger partial charge >= 0.3 is 5.97 Å². The highest BCUT2D eigenvalue weighted by atomic mass is 16.6. The molecule has 9 nitrogen and oxygen atoms in total. The highest BCUT2D eigenvalue weighted by molar-refractivity contribution is 6.06. The van der Waals surface area contributed by atoms with Crippen LogP contribution >= 0.6 is 0 Å². The number of hydrogen-bond donors (Lipinski definition) is 3. The molecule has 1 aromatic carbocycles. The summed E-state index contributed by atoms with van der Waals surface area (Å²) in [4.78, 5) is 48.5. The molecule has 3 rings (SSSR count). The molecule has 0 radical (unpaired) electrons. The van der Waals surface area contributed by atoms with Crippen molar-refractivity contribution in [2.75, 3.05) is 0 Å². The zero-order valence-corrected chi connectivity index (χ0v) is 13.0. The van der Waals surface area contributed by atoms with Crippen LogP contribution in [0.3, 0.4) is 0 Å². The molecule has 25 heavy (non-hydrogen) atoms. The van der Waals surface area contributed by atoms with Crippen molar-refractivity contribution in [1.82, 2.24) is 10.3 Å². The van der Waals surface area contributed by atoms with E-state index in [4.69, 9.17) is 0 Å². The Kier molecular flexibility index (Phi) is 4.22. The summed E-state index contributed by atoms with van der Waals surface area (Å²) < 4.78 is 0. The number of nitro benzene ring substituents is 1. The van der Waals surface area contributed by atoms with E-state index in [9.17, 15) is 29.6 Å². The van der Waals surface area contributed by atoms with E-state index in [1.807, 2.05) is 0 Å². The van der Waals surface area contributed by atoms with Crippen LogP contribution in [0.5, 0.6) is 0 Å². The first-order valence-electron chi connectivity index (χ1n) is 7.72. The van der Waals surface area contributed by atoms with Crippen LogP contribution in [-0.4, -0.2) is 32.9 Å². The number of aromatic nitrogens is 1. The minimum atomic E-state index is -0.978. The number of benzene rings is 1. The first kappa shape index (κ1) is 16.6. The monoisotopic (exact) mass is 345 g/mol. The molecule has 1 aromatic heterocycles. The molecule has 130 valence electrons.